The van der Waals surface area contributed by atoms with Gasteiger partial charge >= 0.3 is 0 Å². The molecule has 1 aromatic carbocycles. The highest BCUT2D eigenvalue weighted by atomic mass is 16.3. The number of aromatic hydroxyl groups is 1. The number of hydrogen-bond acceptors (Lipinski definition) is 1. The Balaban J connectivity index is 2.05. The fourth-order valence-electron chi connectivity index (χ4n) is 4.19. The van der Waals surface area contributed by atoms with Crippen LogP contribution >= 0.6 is 0 Å². The third-order valence-corrected chi connectivity index (χ3v) is 5.93. The Morgan fingerprint density at radius 2 is 1.70 bits per heavy atom. The van der Waals surface area contributed by atoms with Crippen molar-refractivity contribution in [2.24, 2.45) is 11.3 Å². The third-order valence-electron chi connectivity index (χ3n) is 5.93. The van der Waals surface area contributed by atoms with Crippen LogP contribution in [0.4, 0.5) is 0 Å². The largest absolute Gasteiger partial charge is 0.508 e. The van der Waals surface area contributed by atoms with Crippen molar-refractivity contribution >= 4 is 0 Å². The molecule has 1 aromatic rings. The topological polar surface area (TPSA) is 20.2 Å². The van der Waals surface area contributed by atoms with Gasteiger partial charge < -0.3 is 5.11 Å². The SMILES string of the molecule is CCCCCc1cc(O)c(C2CCC(C(C)(C)C)CC2)cc1C. The molecule has 1 saturated carbocycles. The van der Waals surface area contributed by atoms with E-state index in [0.29, 0.717) is 17.1 Å². The molecule has 0 amide bonds. The van der Waals surface area contributed by atoms with E-state index in [1.54, 1.807) is 0 Å². The van der Waals surface area contributed by atoms with Crippen LogP contribution in [0.2, 0.25) is 0 Å². The summed E-state index contributed by atoms with van der Waals surface area (Å²) in [7, 11) is 0. The molecular weight excluding hydrogens is 280 g/mol. The summed E-state index contributed by atoms with van der Waals surface area (Å²) in [6, 6.07) is 4.33. The van der Waals surface area contributed by atoms with Crippen molar-refractivity contribution in [1.82, 2.24) is 0 Å². The molecule has 0 saturated heterocycles. The van der Waals surface area contributed by atoms with Crippen LogP contribution in [0.15, 0.2) is 12.1 Å². The van der Waals surface area contributed by atoms with Gasteiger partial charge in [0.15, 0.2) is 0 Å². The zero-order valence-electron chi connectivity index (χ0n) is 15.9. The Hall–Kier alpha value is -0.980. The highest BCUT2D eigenvalue weighted by Gasteiger charge is 2.31. The predicted molar refractivity (Wildman–Crippen MR) is 100 cm³/mol. The van der Waals surface area contributed by atoms with E-state index in [1.165, 1.54) is 61.6 Å². The summed E-state index contributed by atoms with van der Waals surface area (Å²) in [5.74, 6) is 1.92. The minimum atomic E-state index is 0.423. The molecule has 0 atom stereocenters. The second kappa shape index (κ2) is 7.73. The Morgan fingerprint density at radius 3 is 2.26 bits per heavy atom. The number of phenolic OH excluding ortho intramolecular Hbond substituents is 1. The molecule has 1 N–H and O–H groups in total. The molecule has 130 valence electrons. The van der Waals surface area contributed by atoms with E-state index >= 15 is 0 Å². The molecular formula is C22H36O. The summed E-state index contributed by atoms with van der Waals surface area (Å²) in [5.41, 5.74) is 4.33. The maximum Gasteiger partial charge on any atom is 0.119 e. The van der Waals surface area contributed by atoms with Gasteiger partial charge in [0, 0.05) is 0 Å². The second-order valence-corrected chi connectivity index (χ2v) is 8.71. The first-order chi connectivity index (χ1) is 10.8. The number of benzene rings is 1. The van der Waals surface area contributed by atoms with Crippen LogP contribution in [0.5, 0.6) is 5.75 Å². The van der Waals surface area contributed by atoms with E-state index in [2.05, 4.69) is 46.8 Å². The van der Waals surface area contributed by atoms with Gasteiger partial charge in [-0.3, -0.25) is 0 Å². The molecule has 0 bridgehead atoms. The van der Waals surface area contributed by atoms with Crippen molar-refractivity contribution < 1.29 is 5.11 Å². The van der Waals surface area contributed by atoms with Gasteiger partial charge in [-0.05, 0) is 85.5 Å². The van der Waals surface area contributed by atoms with Crippen molar-refractivity contribution in [3.05, 3.63) is 28.8 Å². The normalized spacial score (nSPS) is 22.3. The Morgan fingerprint density at radius 1 is 1.04 bits per heavy atom. The molecule has 23 heavy (non-hydrogen) atoms. The van der Waals surface area contributed by atoms with Crippen LogP contribution in [0, 0.1) is 18.3 Å². The van der Waals surface area contributed by atoms with Crippen molar-refractivity contribution in [2.75, 3.05) is 0 Å². The van der Waals surface area contributed by atoms with E-state index in [0.717, 1.165) is 12.3 Å². The average Bonchev–Trinajstić information content (AvgIpc) is 2.50. The Bertz CT molecular complexity index is 501. The molecule has 1 heteroatoms. The van der Waals surface area contributed by atoms with Crippen molar-refractivity contribution in [2.45, 2.75) is 91.9 Å². The van der Waals surface area contributed by atoms with Gasteiger partial charge in [0.2, 0.25) is 0 Å². The second-order valence-electron chi connectivity index (χ2n) is 8.71. The molecule has 2 rings (SSSR count). The summed E-state index contributed by atoms with van der Waals surface area (Å²) >= 11 is 0. The molecule has 0 heterocycles. The molecule has 0 unspecified atom stereocenters. The number of rotatable bonds is 5. The smallest absolute Gasteiger partial charge is 0.119 e. The zero-order chi connectivity index (χ0) is 17.0. The summed E-state index contributed by atoms with van der Waals surface area (Å²) in [6.07, 6.45) is 9.90. The standard InChI is InChI=1S/C22H36O/c1-6-7-8-9-18-15-21(23)20(14-16(18)2)17-10-12-19(13-11-17)22(3,4)5/h14-15,17,19,23H,6-13H2,1-5H3. The van der Waals surface area contributed by atoms with Gasteiger partial charge in [-0.2, -0.15) is 0 Å². The fourth-order valence-corrected chi connectivity index (χ4v) is 4.19. The summed E-state index contributed by atoms with van der Waals surface area (Å²) < 4.78 is 0. The first-order valence-corrected chi connectivity index (χ1v) is 9.65. The number of phenols is 1. The molecule has 1 nitrogen and oxygen atoms in total. The maximum atomic E-state index is 10.6. The number of unbranched alkanes of at least 4 members (excludes halogenated alkanes) is 2. The summed E-state index contributed by atoms with van der Waals surface area (Å²) in [4.78, 5) is 0. The first-order valence-electron chi connectivity index (χ1n) is 9.65. The first kappa shape index (κ1) is 18.4. The predicted octanol–water partition coefficient (Wildman–Crippen LogP) is 6.75. The van der Waals surface area contributed by atoms with E-state index < -0.39 is 0 Å². The third kappa shape index (κ3) is 4.75. The van der Waals surface area contributed by atoms with Gasteiger partial charge in [-0.25, -0.2) is 0 Å². The van der Waals surface area contributed by atoms with Crippen LogP contribution in [-0.4, -0.2) is 5.11 Å². The summed E-state index contributed by atoms with van der Waals surface area (Å²) in [6.45, 7) is 11.5. The molecule has 1 aliphatic carbocycles. The number of aryl methyl sites for hydroxylation is 2. The van der Waals surface area contributed by atoms with Gasteiger partial charge in [-0.15, -0.1) is 0 Å². The monoisotopic (exact) mass is 316 g/mol. The van der Waals surface area contributed by atoms with Crippen LogP contribution < -0.4 is 0 Å². The maximum absolute atomic E-state index is 10.6. The van der Waals surface area contributed by atoms with E-state index in [9.17, 15) is 5.11 Å². The van der Waals surface area contributed by atoms with Crippen LogP contribution in [0.25, 0.3) is 0 Å². The average molecular weight is 317 g/mol. The van der Waals surface area contributed by atoms with Gasteiger partial charge in [0.1, 0.15) is 5.75 Å². The van der Waals surface area contributed by atoms with Crippen molar-refractivity contribution in [3.8, 4) is 5.75 Å². The molecule has 0 aromatic heterocycles. The van der Waals surface area contributed by atoms with Crippen LogP contribution in [-0.2, 0) is 6.42 Å². The zero-order valence-corrected chi connectivity index (χ0v) is 15.9. The highest BCUT2D eigenvalue weighted by Crippen LogP contribution is 2.45. The highest BCUT2D eigenvalue weighted by molar-refractivity contribution is 5.43. The fraction of sp³-hybridized carbons (Fsp3) is 0.727. The minimum Gasteiger partial charge on any atom is -0.508 e. The van der Waals surface area contributed by atoms with Gasteiger partial charge in [-0.1, -0.05) is 46.6 Å². The lowest BCUT2D eigenvalue weighted by Gasteiger charge is -2.37. The van der Waals surface area contributed by atoms with Crippen LogP contribution in [0.3, 0.4) is 0 Å². The van der Waals surface area contributed by atoms with E-state index in [1.807, 2.05) is 0 Å². The van der Waals surface area contributed by atoms with E-state index in [-0.39, 0.29) is 0 Å². The Labute approximate surface area is 143 Å². The molecule has 1 aliphatic rings. The molecule has 0 spiro atoms. The number of hydrogen-bond donors (Lipinski definition) is 1. The summed E-state index contributed by atoms with van der Waals surface area (Å²) in [5, 5.41) is 10.6. The minimum absolute atomic E-state index is 0.423. The lowest BCUT2D eigenvalue weighted by Crippen LogP contribution is -2.25. The Kier molecular flexibility index (Phi) is 6.17. The van der Waals surface area contributed by atoms with Crippen molar-refractivity contribution in [1.29, 1.82) is 0 Å². The van der Waals surface area contributed by atoms with Gasteiger partial charge in [0.05, 0.1) is 0 Å². The van der Waals surface area contributed by atoms with Crippen LogP contribution in [0.1, 0.15) is 95.2 Å². The molecule has 0 radical (unpaired) electrons. The molecule has 1 fully saturated rings. The lowest BCUT2D eigenvalue weighted by molar-refractivity contribution is 0.168. The quantitative estimate of drug-likeness (QED) is 0.595. The van der Waals surface area contributed by atoms with Gasteiger partial charge in [0.25, 0.3) is 0 Å². The van der Waals surface area contributed by atoms with E-state index in [4.69, 9.17) is 0 Å². The van der Waals surface area contributed by atoms with Crippen molar-refractivity contribution in [3.63, 3.8) is 0 Å². The molecule has 0 aliphatic heterocycles. The lowest BCUT2D eigenvalue weighted by atomic mass is 9.68.